The van der Waals surface area contributed by atoms with Crippen LogP contribution in [-0.2, 0) is 16.1 Å². The molecule has 7 nitrogen and oxygen atoms in total. The van der Waals surface area contributed by atoms with Gasteiger partial charge in [-0.1, -0.05) is 18.2 Å². The first-order chi connectivity index (χ1) is 15.9. The zero-order chi connectivity index (χ0) is 23.5. The number of hydrogen-bond donors (Lipinski definition) is 1. The summed E-state index contributed by atoms with van der Waals surface area (Å²) in [4.78, 5) is 31.9. The third kappa shape index (κ3) is 4.17. The van der Waals surface area contributed by atoms with Crippen LogP contribution in [0.3, 0.4) is 0 Å². The molecular formula is C26H24N2O5. The lowest BCUT2D eigenvalue weighted by atomic mass is 9.93. The molecule has 2 heterocycles. The molecule has 0 saturated carbocycles. The minimum absolute atomic E-state index is 0.0328. The van der Waals surface area contributed by atoms with Crippen LogP contribution in [0.4, 0.5) is 0 Å². The highest BCUT2D eigenvalue weighted by Gasteiger charge is 2.46. The summed E-state index contributed by atoms with van der Waals surface area (Å²) in [5, 5.41) is 11.3. The molecule has 2 aromatic carbocycles. The smallest absolute Gasteiger partial charge is 0.295 e. The van der Waals surface area contributed by atoms with Gasteiger partial charge in [-0.3, -0.25) is 14.6 Å². The van der Waals surface area contributed by atoms with Gasteiger partial charge in [0.2, 0.25) is 0 Å². The van der Waals surface area contributed by atoms with E-state index in [1.54, 1.807) is 69.1 Å². The Balaban J connectivity index is 1.89. The first-order valence-electron chi connectivity index (χ1n) is 10.4. The predicted molar refractivity (Wildman–Crippen MR) is 123 cm³/mol. The number of aliphatic hydroxyl groups is 1. The fourth-order valence-electron chi connectivity index (χ4n) is 4.06. The summed E-state index contributed by atoms with van der Waals surface area (Å²) < 4.78 is 10.6. The topological polar surface area (TPSA) is 89.0 Å². The summed E-state index contributed by atoms with van der Waals surface area (Å²) in [5.74, 6) is -0.431. The van der Waals surface area contributed by atoms with Crippen molar-refractivity contribution in [3.63, 3.8) is 0 Å². The van der Waals surface area contributed by atoms with Crippen molar-refractivity contribution in [2.75, 3.05) is 14.2 Å². The van der Waals surface area contributed by atoms with Gasteiger partial charge >= 0.3 is 0 Å². The summed E-state index contributed by atoms with van der Waals surface area (Å²) in [6.45, 7) is 1.97. The van der Waals surface area contributed by atoms with Gasteiger partial charge in [0.15, 0.2) is 0 Å². The molecule has 7 heteroatoms. The van der Waals surface area contributed by atoms with Gasteiger partial charge in [-0.2, -0.15) is 0 Å². The minimum Gasteiger partial charge on any atom is -0.507 e. The number of carbonyl (C=O) groups is 2. The quantitative estimate of drug-likeness (QED) is 0.351. The van der Waals surface area contributed by atoms with Crippen LogP contribution in [0.5, 0.6) is 11.5 Å². The Hall–Kier alpha value is -4.13. The maximum atomic E-state index is 13.2. The molecule has 1 aliphatic heterocycles. The molecule has 1 N–H and O–H groups in total. The largest absolute Gasteiger partial charge is 0.507 e. The number of methoxy groups -OCH3 is 2. The van der Waals surface area contributed by atoms with Crippen LogP contribution < -0.4 is 9.47 Å². The van der Waals surface area contributed by atoms with E-state index in [4.69, 9.17) is 9.47 Å². The Morgan fingerprint density at radius 2 is 1.79 bits per heavy atom. The van der Waals surface area contributed by atoms with Gasteiger partial charge in [0.1, 0.15) is 17.3 Å². The number of hydrogen-bond acceptors (Lipinski definition) is 6. The minimum atomic E-state index is -0.790. The zero-order valence-corrected chi connectivity index (χ0v) is 18.6. The van der Waals surface area contributed by atoms with Gasteiger partial charge in [-0.15, -0.1) is 0 Å². The Bertz CT molecular complexity index is 1240. The Kier molecular flexibility index (Phi) is 6.13. The lowest BCUT2D eigenvalue weighted by molar-refractivity contribution is -0.140. The Morgan fingerprint density at radius 1 is 1.03 bits per heavy atom. The SMILES string of the molecule is COc1cccc(C2/C(=C(/O)c3ccc(OC)cc3C)C(=O)C(=O)N2Cc2cccnc2)c1. The molecule has 1 atom stereocenters. The Morgan fingerprint density at radius 3 is 2.45 bits per heavy atom. The molecule has 0 aliphatic carbocycles. The molecule has 0 bridgehead atoms. The van der Waals surface area contributed by atoms with Crippen molar-refractivity contribution in [1.29, 1.82) is 0 Å². The molecule has 168 valence electrons. The van der Waals surface area contributed by atoms with E-state index in [0.29, 0.717) is 22.6 Å². The number of likely N-dealkylation sites (tertiary alicyclic amines) is 1. The van der Waals surface area contributed by atoms with Gasteiger partial charge in [-0.25, -0.2) is 0 Å². The van der Waals surface area contributed by atoms with Crippen molar-refractivity contribution >= 4 is 17.4 Å². The van der Waals surface area contributed by atoms with E-state index in [0.717, 1.165) is 11.1 Å². The number of nitrogens with zero attached hydrogens (tertiary/aromatic N) is 2. The maximum absolute atomic E-state index is 13.2. The van der Waals surface area contributed by atoms with E-state index in [-0.39, 0.29) is 17.9 Å². The van der Waals surface area contributed by atoms with Crippen LogP contribution in [0.25, 0.3) is 5.76 Å². The highest BCUT2D eigenvalue weighted by molar-refractivity contribution is 6.46. The first-order valence-corrected chi connectivity index (χ1v) is 10.4. The van der Waals surface area contributed by atoms with Crippen molar-refractivity contribution in [2.24, 2.45) is 0 Å². The van der Waals surface area contributed by atoms with Gasteiger partial charge in [0.25, 0.3) is 11.7 Å². The van der Waals surface area contributed by atoms with Crippen LogP contribution in [0.2, 0.25) is 0 Å². The van der Waals surface area contributed by atoms with Crippen LogP contribution in [-0.4, -0.2) is 40.9 Å². The van der Waals surface area contributed by atoms with Crippen LogP contribution in [0.15, 0.2) is 72.6 Å². The number of aliphatic hydroxyl groups excluding tert-OH is 1. The van der Waals surface area contributed by atoms with Crippen LogP contribution >= 0.6 is 0 Å². The number of aryl methyl sites for hydroxylation is 1. The maximum Gasteiger partial charge on any atom is 0.295 e. The number of ether oxygens (including phenoxy) is 2. The van der Waals surface area contributed by atoms with Crippen molar-refractivity contribution in [3.8, 4) is 11.5 Å². The third-order valence-electron chi connectivity index (χ3n) is 5.71. The normalized spacial score (nSPS) is 17.3. The summed E-state index contributed by atoms with van der Waals surface area (Å²) in [6, 6.07) is 15.1. The second kappa shape index (κ2) is 9.16. The van der Waals surface area contributed by atoms with Gasteiger partial charge in [-0.05, 0) is 60.0 Å². The molecule has 1 aliphatic rings. The molecule has 1 unspecified atom stereocenters. The molecule has 0 radical (unpaired) electrons. The van der Waals surface area contributed by atoms with E-state index in [1.165, 1.54) is 4.90 Å². The fraction of sp³-hybridized carbons (Fsp3) is 0.192. The molecule has 1 aromatic heterocycles. The van der Waals surface area contributed by atoms with Crippen LogP contribution in [0.1, 0.15) is 28.3 Å². The average Bonchev–Trinajstić information content (AvgIpc) is 3.09. The predicted octanol–water partition coefficient (Wildman–Crippen LogP) is 4.03. The molecule has 3 aromatic rings. The van der Waals surface area contributed by atoms with E-state index < -0.39 is 17.7 Å². The molecule has 4 rings (SSSR count). The lowest BCUT2D eigenvalue weighted by Crippen LogP contribution is -2.29. The number of amides is 1. The van der Waals surface area contributed by atoms with E-state index in [2.05, 4.69) is 4.98 Å². The second-order valence-corrected chi connectivity index (χ2v) is 7.75. The second-order valence-electron chi connectivity index (χ2n) is 7.75. The number of carbonyl (C=O) groups excluding carboxylic acids is 2. The fourth-order valence-corrected chi connectivity index (χ4v) is 4.06. The molecule has 1 fully saturated rings. The summed E-state index contributed by atoms with van der Waals surface area (Å²) >= 11 is 0. The summed E-state index contributed by atoms with van der Waals surface area (Å²) in [7, 11) is 3.10. The standard InChI is InChI=1S/C26H24N2O5/c1-16-12-20(33-3)9-10-21(16)24(29)22-23(18-7-4-8-19(13-18)32-2)28(26(31)25(22)30)15-17-6-5-11-27-14-17/h4-14,23,29H,15H2,1-3H3/b24-22-. The number of benzene rings is 2. The average molecular weight is 444 g/mol. The molecule has 1 amide bonds. The molecule has 1 saturated heterocycles. The van der Waals surface area contributed by atoms with Gasteiger partial charge in [0.05, 0.1) is 25.8 Å². The van der Waals surface area contributed by atoms with Gasteiger partial charge < -0.3 is 19.5 Å². The number of pyridine rings is 1. The summed E-state index contributed by atoms with van der Waals surface area (Å²) in [5.41, 5.74) is 2.64. The summed E-state index contributed by atoms with van der Waals surface area (Å²) in [6.07, 6.45) is 3.29. The Labute approximate surface area is 191 Å². The van der Waals surface area contributed by atoms with Gasteiger partial charge in [0, 0.05) is 24.5 Å². The van der Waals surface area contributed by atoms with E-state index in [9.17, 15) is 14.7 Å². The van der Waals surface area contributed by atoms with Crippen molar-refractivity contribution in [2.45, 2.75) is 19.5 Å². The number of rotatable bonds is 6. The highest BCUT2D eigenvalue weighted by Crippen LogP contribution is 2.41. The lowest BCUT2D eigenvalue weighted by Gasteiger charge is -2.25. The van der Waals surface area contributed by atoms with Crippen LogP contribution in [0, 0.1) is 6.92 Å². The molecule has 0 spiro atoms. The third-order valence-corrected chi connectivity index (χ3v) is 5.71. The van der Waals surface area contributed by atoms with Crippen molar-refractivity contribution in [1.82, 2.24) is 9.88 Å². The monoisotopic (exact) mass is 444 g/mol. The zero-order valence-electron chi connectivity index (χ0n) is 18.6. The van der Waals surface area contributed by atoms with Crippen molar-refractivity contribution < 1.29 is 24.2 Å². The number of Topliss-reactive ketones (excluding diaryl/α,β-unsaturated/α-hetero) is 1. The van der Waals surface area contributed by atoms with E-state index in [1.807, 2.05) is 19.1 Å². The number of ketones is 1. The van der Waals surface area contributed by atoms with E-state index >= 15 is 0 Å². The highest BCUT2D eigenvalue weighted by atomic mass is 16.5. The first kappa shape index (κ1) is 22.1. The number of aromatic nitrogens is 1. The van der Waals surface area contributed by atoms with Crippen molar-refractivity contribution in [3.05, 3.63) is 94.8 Å². The molecule has 33 heavy (non-hydrogen) atoms. The molecular weight excluding hydrogens is 420 g/mol.